The average molecular weight is 516 g/mol. The van der Waals surface area contributed by atoms with Crippen molar-refractivity contribution >= 4 is 15.9 Å². The van der Waals surface area contributed by atoms with Crippen LogP contribution in [0.3, 0.4) is 0 Å². The molecule has 0 spiro atoms. The molecule has 2 saturated heterocycles. The fourth-order valence-corrected chi connectivity index (χ4v) is 5.72. The van der Waals surface area contributed by atoms with E-state index in [1.165, 1.54) is 33.3 Å². The van der Waals surface area contributed by atoms with Gasteiger partial charge in [-0.15, -0.1) is 5.10 Å². The number of piperazine rings is 1. The Labute approximate surface area is 208 Å². The lowest BCUT2D eigenvalue weighted by Gasteiger charge is -2.34. The van der Waals surface area contributed by atoms with Crippen molar-refractivity contribution in [3.63, 3.8) is 0 Å². The minimum absolute atomic E-state index is 0.144. The lowest BCUT2D eigenvalue weighted by Crippen LogP contribution is -2.48. The first-order valence-electron chi connectivity index (χ1n) is 11.6. The van der Waals surface area contributed by atoms with Crippen molar-refractivity contribution < 1.29 is 22.3 Å². The average Bonchev–Trinajstić information content (AvgIpc) is 3.37. The van der Waals surface area contributed by atoms with E-state index < -0.39 is 10.0 Å². The molecule has 11 nitrogen and oxygen atoms in total. The summed E-state index contributed by atoms with van der Waals surface area (Å²) in [5.74, 6) is 0.0693. The Morgan fingerprint density at radius 1 is 0.972 bits per heavy atom. The van der Waals surface area contributed by atoms with Gasteiger partial charge in [0.2, 0.25) is 10.0 Å². The maximum atomic E-state index is 13.6. The molecule has 2 fully saturated rings. The molecule has 0 atom stereocenters. The number of carbonyl (C=O) groups excluding carboxylic acids is 1. The quantitative estimate of drug-likeness (QED) is 0.473. The number of hydrogen-bond donors (Lipinski definition) is 0. The molecule has 36 heavy (non-hydrogen) atoms. The highest BCUT2D eigenvalue weighted by Gasteiger charge is 2.27. The molecule has 3 heterocycles. The van der Waals surface area contributed by atoms with Crippen LogP contribution in [0.2, 0.25) is 0 Å². The second kappa shape index (κ2) is 10.4. The van der Waals surface area contributed by atoms with Crippen molar-refractivity contribution in [2.45, 2.75) is 11.4 Å². The minimum Gasteiger partial charge on any atom is -0.379 e. The Kier molecular flexibility index (Phi) is 7.05. The number of carbonyl (C=O) groups is 1. The Bertz CT molecular complexity index is 1320. The number of morpholine rings is 1. The SMILES string of the molecule is O=C(c1ccc(S(=O)(=O)N2CCOCC2)cc1)N1CCN(Cc2nnnn2-c2cccc(F)c2)CC1. The van der Waals surface area contributed by atoms with Gasteiger partial charge in [-0.3, -0.25) is 9.69 Å². The summed E-state index contributed by atoms with van der Waals surface area (Å²) in [5.41, 5.74) is 0.988. The summed E-state index contributed by atoms with van der Waals surface area (Å²) in [5, 5.41) is 11.8. The first kappa shape index (κ1) is 24.4. The van der Waals surface area contributed by atoms with Gasteiger partial charge in [0.15, 0.2) is 5.82 Å². The van der Waals surface area contributed by atoms with Crippen LogP contribution < -0.4 is 0 Å². The zero-order valence-corrected chi connectivity index (χ0v) is 20.3. The number of sulfonamides is 1. The van der Waals surface area contributed by atoms with E-state index in [-0.39, 0.29) is 16.6 Å². The highest BCUT2D eigenvalue weighted by Crippen LogP contribution is 2.19. The number of tetrazole rings is 1. The number of halogens is 1. The van der Waals surface area contributed by atoms with E-state index in [2.05, 4.69) is 20.4 Å². The molecule has 0 unspecified atom stereocenters. The molecule has 0 saturated carbocycles. The molecule has 2 aliphatic heterocycles. The zero-order chi connectivity index (χ0) is 25.1. The van der Waals surface area contributed by atoms with Crippen LogP contribution in [0.1, 0.15) is 16.2 Å². The van der Waals surface area contributed by atoms with E-state index in [0.29, 0.717) is 76.1 Å². The molecular weight excluding hydrogens is 489 g/mol. The van der Waals surface area contributed by atoms with Crippen LogP contribution in [0.15, 0.2) is 53.4 Å². The van der Waals surface area contributed by atoms with Gasteiger partial charge < -0.3 is 9.64 Å². The standard InChI is InChI=1S/C23H26FN7O4S/c24-19-2-1-3-20(16-19)31-22(25-26-27-31)17-28-8-10-29(11-9-28)23(32)18-4-6-21(7-5-18)36(33,34)30-12-14-35-15-13-30/h1-7,16H,8-15,17H2. The van der Waals surface area contributed by atoms with Crippen LogP contribution in [0.4, 0.5) is 4.39 Å². The van der Waals surface area contributed by atoms with E-state index in [4.69, 9.17) is 4.74 Å². The maximum absolute atomic E-state index is 13.6. The Balaban J connectivity index is 1.18. The van der Waals surface area contributed by atoms with Crippen LogP contribution in [-0.4, -0.2) is 101 Å². The molecule has 3 aromatic rings. The summed E-state index contributed by atoms with van der Waals surface area (Å²) >= 11 is 0. The van der Waals surface area contributed by atoms with Gasteiger partial charge in [0.25, 0.3) is 5.91 Å². The van der Waals surface area contributed by atoms with E-state index in [0.717, 1.165) is 0 Å². The number of ether oxygens (including phenoxy) is 1. The summed E-state index contributed by atoms with van der Waals surface area (Å²) < 4.78 is 47.4. The molecule has 0 bridgehead atoms. The fraction of sp³-hybridized carbons (Fsp3) is 0.391. The molecule has 0 radical (unpaired) electrons. The van der Waals surface area contributed by atoms with Crippen LogP contribution in [0, 0.1) is 5.82 Å². The third-order valence-electron chi connectivity index (χ3n) is 6.32. The smallest absolute Gasteiger partial charge is 0.253 e. The number of rotatable bonds is 6. The van der Waals surface area contributed by atoms with Gasteiger partial charge in [-0.1, -0.05) is 6.07 Å². The zero-order valence-electron chi connectivity index (χ0n) is 19.5. The van der Waals surface area contributed by atoms with Crippen LogP contribution in [0.5, 0.6) is 0 Å². The van der Waals surface area contributed by atoms with Gasteiger partial charge in [-0.05, 0) is 52.9 Å². The topological polar surface area (TPSA) is 114 Å². The van der Waals surface area contributed by atoms with E-state index in [1.807, 2.05) is 0 Å². The Morgan fingerprint density at radius 3 is 2.39 bits per heavy atom. The highest BCUT2D eigenvalue weighted by atomic mass is 32.2. The van der Waals surface area contributed by atoms with Crippen molar-refractivity contribution in [2.24, 2.45) is 0 Å². The van der Waals surface area contributed by atoms with Gasteiger partial charge >= 0.3 is 0 Å². The van der Waals surface area contributed by atoms with E-state index >= 15 is 0 Å². The molecule has 0 N–H and O–H groups in total. The third kappa shape index (κ3) is 5.14. The molecular formula is C23H26FN7O4S. The van der Waals surface area contributed by atoms with E-state index in [1.54, 1.807) is 29.2 Å². The molecule has 5 rings (SSSR count). The highest BCUT2D eigenvalue weighted by molar-refractivity contribution is 7.89. The van der Waals surface area contributed by atoms with Crippen molar-refractivity contribution in [1.82, 2.24) is 34.3 Å². The first-order chi connectivity index (χ1) is 17.4. The fourth-order valence-electron chi connectivity index (χ4n) is 4.31. The Morgan fingerprint density at radius 2 is 1.69 bits per heavy atom. The van der Waals surface area contributed by atoms with Crippen molar-refractivity contribution in [2.75, 3.05) is 52.5 Å². The Hall–Kier alpha value is -3.26. The van der Waals surface area contributed by atoms with Gasteiger partial charge in [0, 0.05) is 44.8 Å². The number of amides is 1. The third-order valence-corrected chi connectivity index (χ3v) is 8.23. The van der Waals surface area contributed by atoms with Gasteiger partial charge in [-0.25, -0.2) is 12.8 Å². The first-order valence-corrected chi connectivity index (χ1v) is 13.1. The number of aromatic nitrogens is 4. The lowest BCUT2D eigenvalue weighted by atomic mass is 10.2. The molecule has 1 aromatic heterocycles. The van der Waals surface area contributed by atoms with Crippen LogP contribution >= 0.6 is 0 Å². The molecule has 13 heteroatoms. The largest absolute Gasteiger partial charge is 0.379 e. The predicted molar refractivity (Wildman–Crippen MR) is 126 cm³/mol. The van der Waals surface area contributed by atoms with Crippen molar-refractivity contribution in [3.05, 3.63) is 65.7 Å². The minimum atomic E-state index is -3.60. The number of nitrogens with zero attached hydrogens (tertiary/aromatic N) is 7. The van der Waals surface area contributed by atoms with Gasteiger partial charge in [0.1, 0.15) is 5.82 Å². The van der Waals surface area contributed by atoms with Crippen LogP contribution in [-0.2, 0) is 21.3 Å². The maximum Gasteiger partial charge on any atom is 0.253 e. The molecule has 190 valence electrons. The lowest BCUT2D eigenvalue weighted by molar-refractivity contribution is 0.0624. The van der Waals surface area contributed by atoms with Gasteiger partial charge in [0.05, 0.1) is 30.3 Å². The summed E-state index contributed by atoms with van der Waals surface area (Å²) in [4.78, 5) is 17.1. The molecule has 0 aliphatic carbocycles. The van der Waals surface area contributed by atoms with E-state index in [9.17, 15) is 17.6 Å². The predicted octanol–water partition coefficient (Wildman–Crippen LogP) is 0.780. The second-order valence-corrected chi connectivity index (χ2v) is 10.5. The summed E-state index contributed by atoms with van der Waals surface area (Å²) in [6.45, 7) is 4.10. The van der Waals surface area contributed by atoms with Gasteiger partial charge in [-0.2, -0.15) is 8.99 Å². The summed E-state index contributed by atoms with van der Waals surface area (Å²) in [6.07, 6.45) is 0. The monoisotopic (exact) mass is 515 g/mol. The molecule has 2 aliphatic rings. The normalized spacial score (nSPS) is 17.9. The summed E-state index contributed by atoms with van der Waals surface area (Å²) in [7, 11) is -3.60. The van der Waals surface area contributed by atoms with Crippen molar-refractivity contribution in [1.29, 1.82) is 0 Å². The second-order valence-electron chi connectivity index (χ2n) is 8.60. The van der Waals surface area contributed by atoms with Crippen LogP contribution in [0.25, 0.3) is 5.69 Å². The summed E-state index contributed by atoms with van der Waals surface area (Å²) in [6, 6.07) is 12.2. The number of benzene rings is 2. The van der Waals surface area contributed by atoms with Crippen molar-refractivity contribution in [3.8, 4) is 5.69 Å². The molecule has 2 aromatic carbocycles. The molecule has 1 amide bonds. The number of hydrogen-bond acceptors (Lipinski definition) is 8.